The second-order valence-electron chi connectivity index (χ2n) is 3.90. The summed E-state index contributed by atoms with van der Waals surface area (Å²) >= 11 is 2.99. The van der Waals surface area contributed by atoms with Crippen LogP contribution in [0.2, 0.25) is 0 Å². The molecular formula is C11H14N4OS2. The molecule has 0 unspecified atom stereocenters. The number of ether oxygens (including phenoxy) is 1. The first-order chi connectivity index (χ1) is 8.54. The highest BCUT2D eigenvalue weighted by molar-refractivity contribution is 8.01. The molecule has 0 aliphatic rings. The fraction of sp³-hybridized carbons (Fsp3) is 0.364. The number of anilines is 1. The van der Waals surface area contributed by atoms with Crippen LogP contribution in [0.1, 0.15) is 18.9 Å². The number of aromatic nitrogens is 3. The highest BCUT2D eigenvalue weighted by atomic mass is 32.2. The molecule has 18 heavy (non-hydrogen) atoms. The van der Waals surface area contributed by atoms with Crippen molar-refractivity contribution in [1.82, 2.24) is 15.2 Å². The molecule has 0 fully saturated rings. The molecule has 0 saturated carbocycles. The van der Waals surface area contributed by atoms with E-state index in [0.29, 0.717) is 11.6 Å². The lowest BCUT2D eigenvalue weighted by Crippen LogP contribution is -2.09. The highest BCUT2D eigenvalue weighted by Gasteiger charge is 2.09. The average molecular weight is 282 g/mol. The van der Waals surface area contributed by atoms with Crippen LogP contribution in [0.4, 0.5) is 5.69 Å². The smallest absolute Gasteiger partial charge is 0.238 e. The van der Waals surface area contributed by atoms with Gasteiger partial charge in [-0.05, 0) is 44.7 Å². The van der Waals surface area contributed by atoms with Crippen LogP contribution in [0.25, 0.3) is 0 Å². The van der Waals surface area contributed by atoms with E-state index in [2.05, 4.69) is 15.2 Å². The first-order valence-electron chi connectivity index (χ1n) is 5.45. The van der Waals surface area contributed by atoms with Crippen LogP contribution in [0, 0.1) is 6.92 Å². The third kappa shape index (κ3) is 3.33. The summed E-state index contributed by atoms with van der Waals surface area (Å²) in [5.74, 6) is 0.469. The average Bonchev–Trinajstić information content (AvgIpc) is 2.68. The van der Waals surface area contributed by atoms with Crippen molar-refractivity contribution < 1.29 is 4.74 Å². The van der Waals surface area contributed by atoms with Gasteiger partial charge in [-0.15, -0.1) is 10.2 Å². The molecule has 5 nitrogen and oxygen atoms in total. The number of hydrogen-bond acceptors (Lipinski definition) is 7. The molecule has 0 radical (unpaired) electrons. The molecule has 0 aromatic carbocycles. The van der Waals surface area contributed by atoms with Crippen LogP contribution >= 0.6 is 23.1 Å². The van der Waals surface area contributed by atoms with E-state index in [-0.39, 0.29) is 6.10 Å². The Kier molecular flexibility index (Phi) is 4.03. The molecule has 2 rings (SSSR count). The summed E-state index contributed by atoms with van der Waals surface area (Å²) in [4.78, 5) is 4.37. The standard InChI is InChI=1S/C11H14N4OS2/c1-6(2)16-10-8(12)4-5-9(13-10)18-11-15-14-7(3)17-11/h4-6H,12H2,1-3H3. The summed E-state index contributed by atoms with van der Waals surface area (Å²) in [7, 11) is 0. The second-order valence-corrected chi connectivity index (χ2v) is 6.35. The van der Waals surface area contributed by atoms with E-state index >= 15 is 0 Å². The van der Waals surface area contributed by atoms with Gasteiger partial charge in [-0.1, -0.05) is 11.3 Å². The van der Waals surface area contributed by atoms with Crippen LogP contribution in [-0.4, -0.2) is 21.3 Å². The third-order valence-electron chi connectivity index (χ3n) is 1.91. The van der Waals surface area contributed by atoms with Crippen LogP contribution in [0.5, 0.6) is 5.88 Å². The van der Waals surface area contributed by atoms with Gasteiger partial charge in [0.1, 0.15) is 10.0 Å². The van der Waals surface area contributed by atoms with Crippen molar-refractivity contribution >= 4 is 28.8 Å². The van der Waals surface area contributed by atoms with E-state index in [1.54, 1.807) is 6.07 Å². The van der Waals surface area contributed by atoms with Crippen molar-refractivity contribution in [3.8, 4) is 5.88 Å². The molecule has 2 heterocycles. The van der Waals surface area contributed by atoms with E-state index in [0.717, 1.165) is 14.4 Å². The Morgan fingerprint density at radius 3 is 2.72 bits per heavy atom. The van der Waals surface area contributed by atoms with Gasteiger partial charge in [0.25, 0.3) is 0 Å². The summed E-state index contributed by atoms with van der Waals surface area (Å²) < 4.78 is 6.41. The molecule has 7 heteroatoms. The number of rotatable bonds is 4. The minimum absolute atomic E-state index is 0.0452. The van der Waals surface area contributed by atoms with E-state index in [9.17, 15) is 0 Å². The first kappa shape index (κ1) is 13.1. The zero-order valence-electron chi connectivity index (χ0n) is 10.4. The normalized spacial score (nSPS) is 10.9. The molecule has 0 aliphatic carbocycles. The Morgan fingerprint density at radius 2 is 2.11 bits per heavy atom. The van der Waals surface area contributed by atoms with Crippen molar-refractivity contribution in [2.45, 2.75) is 36.2 Å². The topological polar surface area (TPSA) is 73.9 Å². The molecule has 0 saturated heterocycles. The molecule has 0 atom stereocenters. The lowest BCUT2D eigenvalue weighted by atomic mass is 10.4. The lowest BCUT2D eigenvalue weighted by Gasteiger charge is -2.11. The van der Waals surface area contributed by atoms with Crippen LogP contribution < -0.4 is 10.5 Å². The highest BCUT2D eigenvalue weighted by Crippen LogP contribution is 2.31. The summed E-state index contributed by atoms with van der Waals surface area (Å²) in [6, 6.07) is 3.64. The predicted molar refractivity (Wildman–Crippen MR) is 73.2 cm³/mol. The minimum atomic E-state index is 0.0452. The van der Waals surface area contributed by atoms with Gasteiger partial charge >= 0.3 is 0 Å². The fourth-order valence-electron chi connectivity index (χ4n) is 1.22. The Balaban J connectivity index is 2.18. The van der Waals surface area contributed by atoms with Gasteiger partial charge < -0.3 is 10.5 Å². The van der Waals surface area contributed by atoms with Gasteiger partial charge in [0, 0.05) is 0 Å². The van der Waals surface area contributed by atoms with Crippen molar-refractivity contribution in [3.63, 3.8) is 0 Å². The lowest BCUT2D eigenvalue weighted by molar-refractivity contribution is 0.232. The molecule has 2 aromatic rings. The van der Waals surface area contributed by atoms with E-state index < -0.39 is 0 Å². The zero-order valence-corrected chi connectivity index (χ0v) is 12.0. The van der Waals surface area contributed by atoms with Crippen LogP contribution in [0.3, 0.4) is 0 Å². The minimum Gasteiger partial charge on any atom is -0.473 e. The number of nitrogens with zero attached hydrogens (tertiary/aromatic N) is 3. The van der Waals surface area contributed by atoms with E-state index in [4.69, 9.17) is 10.5 Å². The Labute approximate surface area is 114 Å². The summed E-state index contributed by atoms with van der Waals surface area (Å²) in [6.07, 6.45) is 0.0452. The van der Waals surface area contributed by atoms with E-state index in [1.165, 1.54) is 23.1 Å². The number of nitrogens with two attached hydrogens (primary N) is 1. The number of nitrogen functional groups attached to an aromatic ring is 1. The van der Waals surface area contributed by atoms with Gasteiger partial charge in [-0.25, -0.2) is 4.98 Å². The molecule has 2 aromatic heterocycles. The van der Waals surface area contributed by atoms with E-state index in [1.807, 2.05) is 26.8 Å². The summed E-state index contributed by atoms with van der Waals surface area (Å²) in [5.41, 5.74) is 6.36. The maximum absolute atomic E-state index is 5.81. The van der Waals surface area contributed by atoms with Crippen molar-refractivity contribution in [3.05, 3.63) is 17.1 Å². The second kappa shape index (κ2) is 5.53. The predicted octanol–water partition coefficient (Wildman–Crippen LogP) is 2.76. The largest absolute Gasteiger partial charge is 0.473 e. The number of aryl methyl sites for hydroxylation is 1. The first-order valence-corrected chi connectivity index (χ1v) is 7.09. The Hall–Kier alpha value is -1.34. The van der Waals surface area contributed by atoms with Gasteiger partial charge in [0.05, 0.1) is 11.8 Å². The third-order valence-corrected chi connectivity index (χ3v) is 3.74. The molecule has 0 bridgehead atoms. The maximum atomic E-state index is 5.81. The number of pyridine rings is 1. The van der Waals surface area contributed by atoms with Gasteiger partial charge in [-0.3, -0.25) is 0 Å². The molecule has 0 amide bonds. The van der Waals surface area contributed by atoms with Crippen LogP contribution in [0.15, 0.2) is 21.5 Å². The monoisotopic (exact) mass is 282 g/mol. The van der Waals surface area contributed by atoms with Crippen molar-refractivity contribution in [2.24, 2.45) is 0 Å². The molecule has 2 N–H and O–H groups in total. The van der Waals surface area contributed by atoms with Gasteiger partial charge in [0.15, 0.2) is 4.34 Å². The summed E-state index contributed by atoms with van der Waals surface area (Å²) in [5, 5.41) is 9.75. The Morgan fingerprint density at radius 1 is 1.33 bits per heavy atom. The van der Waals surface area contributed by atoms with Crippen molar-refractivity contribution in [1.29, 1.82) is 0 Å². The Bertz CT molecular complexity index is 542. The van der Waals surface area contributed by atoms with Gasteiger partial charge in [-0.2, -0.15) is 0 Å². The molecule has 96 valence electrons. The summed E-state index contributed by atoms with van der Waals surface area (Å²) in [6.45, 7) is 5.80. The fourth-order valence-corrected chi connectivity index (χ4v) is 2.94. The SMILES string of the molecule is Cc1nnc(Sc2ccc(N)c(OC(C)C)n2)s1. The quantitative estimate of drug-likeness (QED) is 0.929. The maximum Gasteiger partial charge on any atom is 0.238 e. The van der Waals surface area contributed by atoms with Gasteiger partial charge in [0.2, 0.25) is 5.88 Å². The number of hydrogen-bond donors (Lipinski definition) is 1. The zero-order chi connectivity index (χ0) is 13.1. The molecular weight excluding hydrogens is 268 g/mol. The molecule has 0 aliphatic heterocycles. The van der Waals surface area contributed by atoms with Crippen molar-refractivity contribution in [2.75, 3.05) is 5.73 Å². The van der Waals surface area contributed by atoms with Crippen LogP contribution in [-0.2, 0) is 0 Å². The molecule has 0 spiro atoms.